The highest BCUT2D eigenvalue weighted by molar-refractivity contribution is 5.82. The van der Waals surface area contributed by atoms with Gasteiger partial charge in [-0.15, -0.1) is 0 Å². The summed E-state index contributed by atoms with van der Waals surface area (Å²) in [5, 5.41) is 0. The second-order valence-corrected chi connectivity index (χ2v) is 10.2. The number of esters is 1. The topological polar surface area (TPSA) is 26.3 Å². The van der Waals surface area contributed by atoms with Crippen molar-refractivity contribution in [2.24, 2.45) is 0 Å². The lowest BCUT2D eigenvalue weighted by molar-refractivity contribution is -0.137. The number of hydrogen-bond donors (Lipinski definition) is 0. The number of unbranched alkanes of at least 4 members (excludes halogenated alkanes) is 22. The molecule has 0 radical (unpaired) electrons. The van der Waals surface area contributed by atoms with E-state index in [0.29, 0.717) is 6.61 Å². The second kappa shape index (κ2) is 30.0. The van der Waals surface area contributed by atoms with Gasteiger partial charge in [-0.1, -0.05) is 167 Å². The first-order chi connectivity index (χ1) is 16.8. The van der Waals surface area contributed by atoms with Crippen LogP contribution in [0.5, 0.6) is 0 Å². The summed E-state index contributed by atoms with van der Waals surface area (Å²) in [7, 11) is 0. The van der Waals surface area contributed by atoms with E-state index >= 15 is 0 Å². The molecule has 2 heteroatoms. The molecule has 0 heterocycles. The van der Waals surface area contributed by atoms with Crippen LogP contribution in [0.15, 0.2) is 24.3 Å². The Morgan fingerprint density at radius 3 is 1.32 bits per heavy atom. The van der Waals surface area contributed by atoms with Crippen LogP contribution in [0.25, 0.3) is 0 Å². The highest BCUT2D eigenvalue weighted by Crippen LogP contribution is 2.14. The van der Waals surface area contributed by atoms with Crippen LogP contribution >= 0.6 is 0 Å². The summed E-state index contributed by atoms with van der Waals surface area (Å²) in [6.07, 6.45) is 39.8. The van der Waals surface area contributed by atoms with Crippen molar-refractivity contribution in [2.45, 2.75) is 168 Å². The van der Waals surface area contributed by atoms with E-state index in [9.17, 15) is 4.79 Å². The smallest absolute Gasteiger partial charge is 0.330 e. The van der Waals surface area contributed by atoms with Crippen LogP contribution in [0.1, 0.15) is 168 Å². The lowest BCUT2D eigenvalue weighted by Gasteiger charge is -2.03. The summed E-state index contributed by atoms with van der Waals surface area (Å²) >= 11 is 0. The number of hydrogen-bond acceptors (Lipinski definition) is 2. The Labute approximate surface area is 214 Å². The van der Waals surface area contributed by atoms with Crippen LogP contribution in [0.2, 0.25) is 0 Å². The molecule has 0 aromatic carbocycles. The number of carbonyl (C=O) groups is 1. The monoisotopic (exact) mass is 476 g/mol. The first-order valence-corrected chi connectivity index (χ1v) is 15.3. The molecule has 0 aromatic heterocycles. The largest absolute Gasteiger partial charge is 0.463 e. The zero-order valence-corrected chi connectivity index (χ0v) is 23.3. The molecule has 0 bridgehead atoms. The fraction of sp³-hybridized carbons (Fsp3) is 0.844. The van der Waals surface area contributed by atoms with Crippen LogP contribution in [-0.2, 0) is 9.53 Å². The van der Waals surface area contributed by atoms with Gasteiger partial charge in [-0.25, -0.2) is 4.79 Å². The number of ether oxygens (including phenoxy) is 1. The van der Waals surface area contributed by atoms with Crippen LogP contribution in [0.4, 0.5) is 0 Å². The lowest BCUT2D eigenvalue weighted by Crippen LogP contribution is -2.02. The van der Waals surface area contributed by atoms with Crippen LogP contribution in [-0.4, -0.2) is 12.6 Å². The molecule has 34 heavy (non-hydrogen) atoms. The predicted molar refractivity (Wildman–Crippen MR) is 151 cm³/mol. The van der Waals surface area contributed by atoms with Gasteiger partial charge in [0.2, 0.25) is 0 Å². The molecular formula is C32H60O2. The van der Waals surface area contributed by atoms with Gasteiger partial charge in [0.05, 0.1) is 6.61 Å². The van der Waals surface area contributed by atoms with Gasteiger partial charge < -0.3 is 4.74 Å². The maximum Gasteiger partial charge on any atom is 0.330 e. The summed E-state index contributed by atoms with van der Waals surface area (Å²) in [5.74, 6) is -0.209. The van der Waals surface area contributed by atoms with Crippen molar-refractivity contribution in [3.05, 3.63) is 24.3 Å². The molecule has 0 amide bonds. The lowest BCUT2D eigenvalue weighted by atomic mass is 10.0. The molecule has 0 rings (SSSR count). The minimum atomic E-state index is -0.209. The molecule has 200 valence electrons. The molecule has 0 aliphatic carbocycles. The third-order valence-electron chi connectivity index (χ3n) is 6.70. The van der Waals surface area contributed by atoms with Crippen molar-refractivity contribution in [3.63, 3.8) is 0 Å². The number of carbonyl (C=O) groups excluding carboxylic acids is 1. The third kappa shape index (κ3) is 29.0. The summed E-state index contributed by atoms with van der Waals surface area (Å²) in [5.41, 5.74) is 0. The summed E-state index contributed by atoms with van der Waals surface area (Å²) < 4.78 is 5.26. The van der Waals surface area contributed by atoms with Crippen molar-refractivity contribution in [3.8, 4) is 0 Å². The van der Waals surface area contributed by atoms with E-state index in [1.807, 2.05) is 12.2 Å². The average Bonchev–Trinajstić information content (AvgIpc) is 2.84. The molecule has 0 saturated heterocycles. The van der Waals surface area contributed by atoms with Gasteiger partial charge in [0.25, 0.3) is 0 Å². The van der Waals surface area contributed by atoms with Crippen molar-refractivity contribution in [2.75, 3.05) is 6.61 Å². The van der Waals surface area contributed by atoms with Crippen molar-refractivity contribution in [1.29, 1.82) is 0 Å². The zero-order valence-electron chi connectivity index (χ0n) is 23.3. The second-order valence-electron chi connectivity index (χ2n) is 10.2. The molecule has 0 aliphatic rings. The Bertz CT molecular complexity index is 452. The molecule has 0 atom stereocenters. The molecule has 0 saturated carbocycles. The first kappa shape index (κ1) is 33.0. The van der Waals surface area contributed by atoms with E-state index in [1.54, 1.807) is 6.08 Å². The molecule has 0 fully saturated rings. The summed E-state index contributed by atoms with van der Waals surface area (Å²) in [4.78, 5) is 11.7. The maximum absolute atomic E-state index is 11.7. The maximum atomic E-state index is 11.7. The first-order valence-electron chi connectivity index (χ1n) is 15.3. The van der Waals surface area contributed by atoms with Gasteiger partial charge in [-0.3, -0.25) is 0 Å². The Kier molecular flexibility index (Phi) is 29.1. The predicted octanol–water partition coefficient (Wildman–Crippen LogP) is 11.0. The van der Waals surface area contributed by atoms with E-state index in [1.165, 1.54) is 141 Å². The van der Waals surface area contributed by atoms with Crippen molar-refractivity contribution >= 4 is 5.97 Å². The normalized spacial score (nSPS) is 11.7. The Hall–Kier alpha value is -1.05. The highest BCUT2D eigenvalue weighted by Gasteiger charge is 1.97. The standard InChI is InChI=1S/C32H60O2/c1-3-5-7-9-11-13-14-15-16-17-18-19-20-21-22-23-24-26-28-30-32(33)34-31-29-27-25-12-10-8-6-4-2/h24,26,28,30H,3-23,25,27,29,31H2,1-2H3. The van der Waals surface area contributed by atoms with E-state index in [0.717, 1.165) is 12.8 Å². The molecule has 0 aliphatic heterocycles. The van der Waals surface area contributed by atoms with Gasteiger partial charge in [0.15, 0.2) is 0 Å². The summed E-state index contributed by atoms with van der Waals surface area (Å²) in [6, 6.07) is 0. The summed E-state index contributed by atoms with van der Waals surface area (Å²) in [6.45, 7) is 5.09. The fourth-order valence-electron chi connectivity index (χ4n) is 4.40. The molecule has 0 spiro atoms. The van der Waals surface area contributed by atoms with Gasteiger partial charge in [-0.05, 0) is 19.3 Å². The van der Waals surface area contributed by atoms with Gasteiger partial charge in [0, 0.05) is 6.08 Å². The van der Waals surface area contributed by atoms with Crippen LogP contribution < -0.4 is 0 Å². The van der Waals surface area contributed by atoms with Gasteiger partial charge >= 0.3 is 5.97 Å². The molecule has 0 unspecified atom stereocenters. The Morgan fingerprint density at radius 2 is 0.882 bits per heavy atom. The SMILES string of the molecule is CCCCCCCCCCCCCCCCCC=CC=CC(=O)OCCCCCCCCCC. The zero-order chi connectivity index (χ0) is 24.8. The molecule has 0 aromatic rings. The fourth-order valence-corrected chi connectivity index (χ4v) is 4.40. The Balaban J connectivity index is 3.28. The van der Waals surface area contributed by atoms with Crippen molar-refractivity contribution in [1.82, 2.24) is 0 Å². The molecule has 2 nitrogen and oxygen atoms in total. The highest BCUT2D eigenvalue weighted by atomic mass is 16.5. The van der Waals surface area contributed by atoms with E-state index in [-0.39, 0.29) is 5.97 Å². The Morgan fingerprint density at radius 1 is 0.500 bits per heavy atom. The van der Waals surface area contributed by atoms with Crippen LogP contribution in [0.3, 0.4) is 0 Å². The minimum Gasteiger partial charge on any atom is -0.463 e. The quantitative estimate of drug-likeness (QED) is 0.0510. The van der Waals surface area contributed by atoms with Gasteiger partial charge in [0.1, 0.15) is 0 Å². The molecule has 0 N–H and O–H groups in total. The van der Waals surface area contributed by atoms with Crippen molar-refractivity contribution < 1.29 is 9.53 Å². The number of allylic oxidation sites excluding steroid dienone is 3. The van der Waals surface area contributed by atoms with E-state index in [2.05, 4.69) is 19.9 Å². The molecular weight excluding hydrogens is 416 g/mol. The van der Waals surface area contributed by atoms with E-state index < -0.39 is 0 Å². The van der Waals surface area contributed by atoms with Crippen LogP contribution in [0, 0.1) is 0 Å². The third-order valence-corrected chi connectivity index (χ3v) is 6.70. The van der Waals surface area contributed by atoms with Gasteiger partial charge in [-0.2, -0.15) is 0 Å². The number of rotatable bonds is 27. The van der Waals surface area contributed by atoms with E-state index in [4.69, 9.17) is 4.74 Å². The average molecular weight is 477 g/mol. The minimum absolute atomic E-state index is 0.209.